The summed E-state index contributed by atoms with van der Waals surface area (Å²) in [5, 5.41) is 0. The van der Waals surface area contributed by atoms with Crippen LogP contribution >= 0.6 is 0 Å². The molecule has 17 heavy (non-hydrogen) atoms. The molecule has 1 aliphatic rings. The monoisotopic (exact) mass is 228 g/mol. The maximum absolute atomic E-state index is 6.05. The Bertz CT molecular complexity index is 545. The number of anilines is 2. The Morgan fingerprint density at radius 3 is 2.94 bits per heavy atom. The number of nitrogen functional groups attached to an aromatic ring is 1. The molecule has 88 valence electrons. The summed E-state index contributed by atoms with van der Waals surface area (Å²) in [6.07, 6.45) is 1.07. The van der Waals surface area contributed by atoms with Gasteiger partial charge in [0.2, 0.25) is 0 Å². The van der Waals surface area contributed by atoms with Gasteiger partial charge in [0.15, 0.2) is 0 Å². The summed E-state index contributed by atoms with van der Waals surface area (Å²) >= 11 is 0. The first-order valence-corrected chi connectivity index (χ1v) is 5.91. The van der Waals surface area contributed by atoms with Crippen molar-refractivity contribution in [1.29, 1.82) is 0 Å². The molecular weight excluding hydrogens is 212 g/mol. The summed E-state index contributed by atoms with van der Waals surface area (Å²) in [5.41, 5.74) is 9.44. The van der Waals surface area contributed by atoms with Gasteiger partial charge in [0, 0.05) is 6.54 Å². The minimum absolute atomic E-state index is 0.801. The van der Waals surface area contributed by atoms with E-state index in [1.165, 1.54) is 11.3 Å². The summed E-state index contributed by atoms with van der Waals surface area (Å²) in [5.74, 6) is 1.96. The van der Waals surface area contributed by atoms with E-state index in [0.717, 1.165) is 36.7 Å². The highest BCUT2D eigenvalue weighted by Gasteiger charge is 2.21. The van der Waals surface area contributed by atoms with Crippen LogP contribution < -0.4 is 10.6 Å². The number of fused-ring (bicyclic) bond motifs is 1. The Morgan fingerprint density at radius 2 is 2.18 bits per heavy atom. The molecule has 3 nitrogen and oxygen atoms in total. The molecule has 0 saturated carbocycles. The van der Waals surface area contributed by atoms with Crippen molar-refractivity contribution in [2.45, 2.75) is 19.9 Å². The third-order valence-corrected chi connectivity index (χ3v) is 3.26. The number of hydrogen-bond acceptors (Lipinski definition) is 3. The Hall–Kier alpha value is -1.90. The molecular formula is C14H16N2O. The summed E-state index contributed by atoms with van der Waals surface area (Å²) < 4.78 is 5.62. The van der Waals surface area contributed by atoms with Crippen LogP contribution in [0.25, 0.3) is 0 Å². The molecule has 0 spiro atoms. The van der Waals surface area contributed by atoms with Crippen LogP contribution in [0.15, 0.2) is 34.7 Å². The Morgan fingerprint density at radius 1 is 1.29 bits per heavy atom. The van der Waals surface area contributed by atoms with Gasteiger partial charge in [0.05, 0.1) is 17.9 Å². The number of hydrogen-bond donors (Lipinski definition) is 1. The zero-order valence-electron chi connectivity index (χ0n) is 9.94. The molecule has 2 N–H and O–H groups in total. The van der Waals surface area contributed by atoms with Gasteiger partial charge in [-0.3, -0.25) is 0 Å². The van der Waals surface area contributed by atoms with Crippen LogP contribution in [-0.2, 0) is 13.0 Å². The molecule has 0 unspecified atom stereocenters. The van der Waals surface area contributed by atoms with Crippen LogP contribution in [0.5, 0.6) is 0 Å². The van der Waals surface area contributed by atoms with Crippen molar-refractivity contribution < 1.29 is 4.42 Å². The van der Waals surface area contributed by atoms with E-state index in [4.69, 9.17) is 10.2 Å². The molecule has 1 aromatic heterocycles. The van der Waals surface area contributed by atoms with Crippen molar-refractivity contribution >= 4 is 11.4 Å². The second-order valence-corrected chi connectivity index (χ2v) is 4.54. The summed E-state index contributed by atoms with van der Waals surface area (Å²) in [7, 11) is 0. The number of benzene rings is 1. The molecule has 2 aromatic rings. The number of nitrogens with zero attached hydrogens (tertiary/aromatic N) is 1. The van der Waals surface area contributed by atoms with Crippen molar-refractivity contribution in [2.75, 3.05) is 17.2 Å². The maximum Gasteiger partial charge on any atom is 0.123 e. The van der Waals surface area contributed by atoms with Gasteiger partial charge in [0.25, 0.3) is 0 Å². The van der Waals surface area contributed by atoms with E-state index < -0.39 is 0 Å². The zero-order valence-corrected chi connectivity index (χ0v) is 9.94. The summed E-state index contributed by atoms with van der Waals surface area (Å²) in [6, 6.07) is 10.2. The fraction of sp³-hybridized carbons (Fsp3) is 0.286. The predicted molar refractivity (Wildman–Crippen MR) is 69.1 cm³/mol. The molecule has 0 aliphatic carbocycles. The van der Waals surface area contributed by atoms with E-state index in [2.05, 4.69) is 11.0 Å². The lowest BCUT2D eigenvalue weighted by molar-refractivity contribution is 0.479. The third kappa shape index (κ3) is 1.78. The molecule has 0 amide bonds. The fourth-order valence-electron chi connectivity index (χ4n) is 2.48. The van der Waals surface area contributed by atoms with Gasteiger partial charge in [-0.2, -0.15) is 0 Å². The Balaban J connectivity index is 1.89. The lowest BCUT2D eigenvalue weighted by Gasteiger charge is -2.19. The van der Waals surface area contributed by atoms with Crippen LogP contribution in [0.1, 0.15) is 17.1 Å². The van der Waals surface area contributed by atoms with Crippen LogP contribution in [0.4, 0.5) is 11.4 Å². The molecule has 0 saturated heterocycles. The second-order valence-electron chi connectivity index (χ2n) is 4.54. The summed E-state index contributed by atoms with van der Waals surface area (Å²) in [6.45, 7) is 3.79. The van der Waals surface area contributed by atoms with Crippen LogP contribution in [0.2, 0.25) is 0 Å². The van der Waals surface area contributed by atoms with E-state index in [-0.39, 0.29) is 0 Å². The van der Waals surface area contributed by atoms with E-state index in [0.29, 0.717) is 0 Å². The minimum Gasteiger partial charge on any atom is -0.464 e. The molecule has 0 bridgehead atoms. The molecule has 1 aliphatic heterocycles. The van der Waals surface area contributed by atoms with E-state index in [1.54, 1.807) is 0 Å². The molecule has 0 atom stereocenters. The first-order valence-electron chi connectivity index (χ1n) is 5.91. The van der Waals surface area contributed by atoms with Crippen molar-refractivity contribution in [2.24, 2.45) is 0 Å². The first kappa shape index (κ1) is 10.3. The maximum atomic E-state index is 6.05. The lowest BCUT2D eigenvalue weighted by Crippen LogP contribution is -2.20. The number of furan rings is 1. The van der Waals surface area contributed by atoms with Crippen molar-refractivity contribution in [3.63, 3.8) is 0 Å². The van der Waals surface area contributed by atoms with Crippen molar-refractivity contribution in [1.82, 2.24) is 0 Å². The first-order chi connectivity index (χ1) is 8.24. The minimum atomic E-state index is 0.801. The molecule has 3 heteroatoms. The molecule has 3 rings (SSSR count). The number of rotatable bonds is 2. The average Bonchev–Trinajstić information content (AvgIpc) is 2.88. The highest BCUT2D eigenvalue weighted by molar-refractivity contribution is 5.74. The topological polar surface area (TPSA) is 42.4 Å². The average molecular weight is 228 g/mol. The molecule has 2 heterocycles. The van der Waals surface area contributed by atoms with Gasteiger partial charge in [-0.15, -0.1) is 0 Å². The third-order valence-electron chi connectivity index (χ3n) is 3.26. The van der Waals surface area contributed by atoms with Gasteiger partial charge < -0.3 is 15.1 Å². The van der Waals surface area contributed by atoms with Gasteiger partial charge in [-0.1, -0.05) is 12.1 Å². The van der Waals surface area contributed by atoms with Crippen molar-refractivity contribution in [3.8, 4) is 0 Å². The number of aryl methyl sites for hydroxylation is 1. The highest BCUT2D eigenvalue weighted by atomic mass is 16.3. The van der Waals surface area contributed by atoms with Crippen LogP contribution in [-0.4, -0.2) is 6.54 Å². The zero-order chi connectivity index (χ0) is 11.8. The fourth-order valence-corrected chi connectivity index (χ4v) is 2.48. The molecule has 1 aromatic carbocycles. The number of nitrogens with two attached hydrogens (primary N) is 1. The Kier molecular flexibility index (Phi) is 2.32. The molecule has 0 radical (unpaired) electrons. The summed E-state index contributed by atoms with van der Waals surface area (Å²) in [4.78, 5) is 2.29. The van der Waals surface area contributed by atoms with Crippen LogP contribution in [0.3, 0.4) is 0 Å². The lowest BCUT2D eigenvalue weighted by atomic mass is 10.1. The van der Waals surface area contributed by atoms with Crippen molar-refractivity contribution in [3.05, 3.63) is 47.4 Å². The second kappa shape index (κ2) is 3.84. The smallest absolute Gasteiger partial charge is 0.123 e. The Labute approximate surface area is 101 Å². The normalized spacial score (nSPS) is 14.1. The van der Waals surface area contributed by atoms with E-state index in [9.17, 15) is 0 Å². The van der Waals surface area contributed by atoms with Gasteiger partial charge in [0.1, 0.15) is 11.5 Å². The van der Waals surface area contributed by atoms with Crippen LogP contribution in [0, 0.1) is 6.92 Å². The quantitative estimate of drug-likeness (QED) is 0.804. The van der Waals surface area contributed by atoms with E-state index >= 15 is 0 Å². The largest absolute Gasteiger partial charge is 0.464 e. The molecule has 0 fully saturated rings. The van der Waals surface area contributed by atoms with E-state index in [1.807, 2.05) is 31.2 Å². The standard InChI is InChI=1S/C14H16N2O/c1-10-5-6-12(17-10)9-16-8-7-11-3-2-4-13(15)14(11)16/h2-6H,7-9,15H2,1H3. The predicted octanol–water partition coefficient (Wildman–Crippen LogP) is 2.73. The van der Waals surface area contributed by atoms with Gasteiger partial charge >= 0.3 is 0 Å². The number of para-hydroxylation sites is 1. The van der Waals surface area contributed by atoms with Gasteiger partial charge in [-0.05, 0) is 37.1 Å². The highest BCUT2D eigenvalue weighted by Crippen LogP contribution is 2.34. The van der Waals surface area contributed by atoms with Gasteiger partial charge in [-0.25, -0.2) is 0 Å². The SMILES string of the molecule is Cc1ccc(CN2CCc3cccc(N)c32)o1.